The Morgan fingerprint density at radius 1 is 1.35 bits per heavy atom. The first-order valence-electron chi connectivity index (χ1n) is 6.13. The number of nitrogens with one attached hydrogen (secondary N) is 1. The number of carbonyl (C=O) groups excluding carboxylic acids is 1. The fourth-order valence-electron chi connectivity index (χ4n) is 2.22. The zero-order valence-corrected chi connectivity index (χ0v) is 11.6. The Hall–Kier alpha value is -1.54. The van der Waals surface area contributed by atoms with E-state index in [0.29, 0.717) is 0 Å². The van der Waals surface area contributed by atoms with Crippen LogP contribution in [0.5, 0.6) is 0 Å². The van der Waals surface area contributed by atoms with E-state index in [1.807, 2.05) is 0 Å². The summed E-state index contributed by atoms with van der Waals surface area (Å²) in [6, 6.07) is 1.89. The van der Waals surface area contributed by atoms with Crippen LogP contribution in [0.4, 0.5) is 8.78 Å². The molecule has 1 atom stereocenters. The molecule has 110 valence electrons. The van der Waals surface area contributed by atoms with Crippen molar-refractivity contribution in [2.75, 3.05) is 13.1 Å². The van der Waals surface area contributed by atoms with Gasteiger partial charge in [0, 0.05) is 13.1 Å². The molecule has 0 aromatic heterocycles. The van der Waals surface area contributed by atoms with Crippen LogP contribution < -0.4 is 5.32 Å². The minimum atomic E-state index is -4.40. The summed E-state index contributed by atoms with van der Waals surface area (Å²) in [6.07, 6.45) is 0.223. The number of rotatable bonds is 3. The van der Waals surface area contributed by atoms with Crippen LogP contribution in [-0.4, -0.2) is 37.8 Å². The average molecular weight is 304 g/mol. The summed E-state index contributed by atoms with van der Waals surface area (Å²) in [7, 11) is -4.40. The number of piperazine rings is 1. The third kappa shape index (κ3) is 2.40. The lowest BCUT2D eigenvalue weighted by Crippen LogP contribution is -2.56. The van der Waals surface area contributed by atoms with E-state index in [-0.39, 0.29) is 19.5 Å². The van der Waals surface area contributed by atoms with Crippen molar-refractivity contribution in [3.8, 4) is 0 Å². The summed E-state index contributed by atoms with van der Waals surface area (Å²) in [5.41, 5.74) is 0. The Labute approximate surface area is 115 Å². The van der Waals surface area contributed by atoms with Crippen molar-refractivity contribution in [1.82, 2.24) is 9.62 Å². The second-order valence-corrected chi connectivity index (χ2v) is 6.21. The molecule has 1 unspecified atom stereocenters. The van der Waals surface area contributed by atoms with Gasteiger partial charge in [0.05, 0.1) is 0 Å². The molecule has 1 amide bonds. The van der Waals surface area contributed by atoms with Gasteiger partial charge in [0.2, 0.25) is 15.9 Å². The highest BCUT2D eigenvalue weighted by Gasteiger charge is 2.39. The largest absolute Gasteiger partial charge is 0.353 e. The lowest BCUT2D eigenvalue weighted by Gasteiger charge is -2.33. The van der Waals surface area contributed by atoms with Gasteiger partial charge in [-0.05, 0) is 18.6 Å². The Bertz CT molecular complexity index is 613. The van der Waals surface area contributed by atoms with Crippen LogP contribution in [0, 0.1) is 11.6 Å². The molecule has 0 radical (unpaired) electrons. The highest BCUT2D eigenvalue weighted by Crippen LogP contribution is 2.25. The van der Waals surface area contributed by atoms with Crippen molar-refractivity contribution in [3.63, 3.8) is 0 Å². The summed E-state index contributed by atoms with van der Waals surface area (Å²) in [5, 5.41) is 2.53. The summed E-state index contributed by atoms with van der Waals surface area (Å²) < 4.78 is 53.0. The van der Waals surface area contributed by atoms with Gasteiger partial charge in [-0.15, -0.1) is 0 Å². The monoisotopic (exact) mass is 304 g/mol. The molecule has 0 aliphatic carbocycles. The van der Waals surface area contributed by atoms with E-state index in [1.54, 1.807) is 6.92 Å². The molecule has 2 rings (SSSR count). The predicted molar refractivity (Wildman–Crippen MR) is 67.3 cm³/mol. The summed E-state index contributed by atoms with van der Waals surface area (Å²) in [5.74, 6) is -2.78. The number of halogens is 2. The van der Waals surface area contributed by atoms with E-state index in [1.165, 1.54) is 0 Å². The first kappa shape index (κ1) is 14.9. The van der Waals surface area contributed by atoms with Crippen LogP contribution in [0.3, 0.4) is 0 Å². The Kier molecular flexibility index (Phi) is 4.05. The van der Waals surface area contributed by atoms with Crippen molar-refractivity contribution in [3.05, 3.63) is 29.8 Å². The fourth-order valence-corrected chi connectivity index (χ4v) is 3.99. The molecule has 0 bridgehead atoms. The molecule has 1 aromatic carbocycles. The topological polar surface area (TPSA) is 66.5 Å². The molecule has 8 heteroatoms. The molecule has 1 aliphatic rings. The van der Waals surface area contributed by atoms with Gasteiger partial charge < -0.3 is 5.32 Å². The SMILES string of the molecule is CCC1C(=O)NCCN1S(=O)(=O)c1c(F)cccc1F. The zero-order valence-electron chi connectivity index (χ0n) is 10.8. The summed E-state index contributed by atoms with van der Waals surface area (Å²) in [6.45, 7) is 1.74. The van der Waals surface area contributed by atoms with Crippen molar-refractivity contribution in [2.24, 2.45) is 0 Å². The van der Waals surface area contributed by atoms with Crippen LogP contribution in [0.2, 0.25) is 0 Å². The van der Waals surface area contributed by atoms with Crippen molar-refractivity contribution in [2.45, 2.75) is 24.3 Å². The lowest BCUT2D eigenvalue weighted by atomic mass is 10.2. The maximum atomic E-state index is 13.7. The Balaban J connectivity index is 2.51. The van der Waals surface area contributed by atoms with Crippen molar-refractivity contribution in [1.29, 1.82) is 0 Å². The van der Waals surface area contributed by atoms with Crippen molar-refractivity contribution >= 4 is 15.9 Å². The molecule has 1 saturated heterocycles. The fraction of sp³-hybridized carbons (Fsp3) is 0.417. The number of sulfonamides is 1. The maximum Gasteiger partial charge on any atom is 0.249 e. The van der Waals surface area contributed by atoms with E-state index in [4.69, 9.17) is 0 Å². The number of hydrogen-bond donors (Lipinski definition) is 1. The van der Waals surface area contributed by atoms with Gasteiger partial charge in [-0.25, -0.2) is 17.2 Å². The Morgan fingerprint density at radius 2 is 1.95 bits per heavy atom. The second kappa shape index (κ2) is 5.45. The predicted octanol–water partition coefficient (Wildman–Crippen LogP) is 0.864. The van der Waals surface area contributed by atoms with Crippen LogP contribution in [0.25, 0.3) is 0 Å². The minimum Gasteiger partial charge on any atom is -0.353 e. The van der Waals surface area contributed by atoms with E-state index in [9.17, 15) is 22.0 Å². The van der Waals surface area contributed by atoms with Crippen LogP contribution in [0.1, 0.15) is 13.3 Å². The van der Waals surface area contributed by atoms with E-state index in [0.717, 1.165) is 22.5 Å². The Morgan fingerprint density at radius 3 is 2.50 bits per heavy atom. The normalized spacial score (nSPS) is 20.8. The van der Waals surface area contributed by atoms with Gasteiger partial charge in [0.15, 0.2) is 4.90 Å². The number of benzene rings is 1. The number of hydrogen-bond acceptors (Lipinski definition) is 3. The number of carbonyl (C=O) groups is 1. The van der Waals surface area contributed by atoms with E-state index < -0.39 is 38.5 Å². The molecule has 5 nitrogen and oxygen atoms in total. The highest BCUT2D eigenvalue weighted by molar-refractivity contribution is 7.89. The summed E-state index contributed by atoms with van der Waals surface area (Å²) in [4.78, 5) is 10.7. The molecule has 1 fully saturated rings. The van der Waals surface area contributed by atoms with Gasteiger partial charge in [-0.1, -0.05) is 13.0 Å². The molecular weight excluding hydrogens is 290 g/mol. The maximum absolute atomic E-state index is 13.7. The van der Waals surface area contributed by atoms with E-state index >= 15 is 0 Å². The lowest BCUT2D eigenvalue weighted by molar-refractivity contribution is -0.126. The first-order valence-corrected chi connectivity index (χ1v) is 7.57. The molecule has 1 heterocycles. The van der Waals surface area contributed by atoms with Gasteiger partial charge >= 0.3 is 0 Å². The molecule has 20 heavy (non-hydrogen) atoms. The standard InChI is InChI=1S/C12H14F2N2O3S/c1-2-10-12(17)15-6-7-16(10)20(18,19)11-8(13)4-3-5-9(11)14/h3-5,10H,2,6-7H2,1H3,(H,15,17). The van der Waals surface area contributed by atoms with Crippen LogP contribution in [0.15, 0.2) is 23.1 Å². The number of nitrogens with zero attached hydrogens (tertiary/aromatic N) is 1. The second-order valence-electron chi connectivity index (χ2n) is 4.38. The molecule has 1 N–H and O–H groups in total. The molecule has 0 saturated carbocycles. The van der Waals surface area contributed by atoms with Crippen molar-refractivity contribution < 1.29 is 22.0 Å². The molecule has 0 spiro atoms. The highest BCUT2D eigenvalue weighted by atomic mass is 32.2. The van der Waals surface area contributed by atoms with E-state index in [2.05, 4.69) is 5.32 Å². The van der Waals surface area contributed by atoms with Gasteiger partial charge in [-0.2, -0.15) is 4.31 Å². The zero-order chi connectivity index (χ0) is 14.9. The van der Waals surface area contributed by atoms with Gasteiger partial charge in [-0.3, -0.25) is 4.79 Å². The number of amides is 1. The third-order valence-corrected chi connectivity index (χ3v) is 5.11. The van der Waals surface area contributed by atoms with Gasteiger partial charge in [0.1, 0.15) is 17.7 Å². The third-order valence-electron chi connectivity index (χ3n) is 3.15. The quantitative estimate of drug-likeness (QED) is 0.901. The molecular formula is C12H14F2N2O3S. The van der Waals surface area contributed by atoms with Gasteiger partial charge in [0.25, 0.3) is 0 Å². The van der Waals surface area contributed by atoms with Crippen LogP contribution >= 0.6 is 0 Å². The minimum absolute atomic E-state index is 0.0135. The first-order chi connectivity index (χ1) is 9.39. The smallest absolute Gasteiger partial charge is 0.249 e. The van der Waals surface area contributed by atoms with Crippen LogP contribution in [-0.2, 0) is 14.8 Å². The molecule has 1 aromatic rings. The summed E-state index contributed by atoms with van der Waals surface area (Å²) >= 11 is 0. The molecule has 1 aliphatic heterocycles. The average Bonchev–Trinajstić information content (AvgIpc) is 2.37.